The van der Waals surface area contributed by atoms with Crippen LogP contribution in [0.1, 0.15) is 12.7 Å². The molecular weight excluding hydrogens is 326 g/mol. The van der Waals surface area contributed by atoms with Gasteiger partial charge in [0.25, 0.3) is 5.89 Å². The lowest BCUT2D eigenvalue weighted by Crippen LogP contribution is -2.39. The van der Waals surface area contributed by atoms with E-state index < -0.39 is 0 Å². The molecule has 2 aromatic heterocycles. The Hall–Kier alpha value is -2.58. The highest BCUT2D eigenvalue weighted by molar-refractivity contribution is 7.13. The smallest absolute Gasteiger partial charge is 0.257 e. The van der Waals surface area contributed by atoms with Gasteiger partial charge >= 0.3 is 0 Å². The molecular formula is C16H17N5O2S. The summed E-state index contributed by atoms with van der Waals surface area (Å²) < 4.78 is 5.28. The molecule has 24 heavy (non-hydrogen) atoms. The third-order valence-corrected chi connectivity index (χ3v) is 4.27. The van der Waals surface area contributed by atoms with Crippen molar-refractivity contribution in [1.29, 1.82) is 0 Å². The summed E-state index contributed by atoms with van der Waals surface area (Å²) in [5.41, 5.74) is 0.869. The lowest BCUT2D eigenvalue weighted by Gasteiger charge is -2.21. The summed E-state index contributed by atoms with van der Waals surface area (Å²) in [6.45, 7) is 2.23. The first-order valence-corrected chi connectivity index (χ1v) is 8.30. The van der Waals surface area contributed by atoms with E-state index in [0.29, 0.717) is 23.4 Å². The average molecular weight is 343 g/mol. The summed E-state index contributed by atoms with van der Waals surface area (Å²) in [4.78, 5) is 22.5. The Morgan fingerprint density at radius 1 is 1.38 bits per heavy atom. The predicted molar refractivity (Wildman–Crippen MR) is 91.4 cm³/mol. The first kappa shape index (κ1) is 16.3. The van der Waals surface area contributed by atoms with Crippen molar-refractivity contribution in [2.45, 2.75) is 19.5 Å². The van der Waals surface area contributed by atoms with Crippen molar-refractivity contribution < 1.29 is 9.32 Å². The van der Waals surface area contributed by atoms with Crippen molar-refractivity contribution >= 4 is 22.4 Å². The fraction of sp³-hybridized carbons (Fsp3) is 0.250. The van der Waals surface area contributed by atoms with E-state index in [0.717, 1.165) is 5.56 Å². The summed E-state index contributed by atoms with van der Waals surface area (Å²) in [5, 5.41) is 9.17. The lowest BCUT2D eigenvalue weighted by atomic mass is 10.2. The molecule has 1 amide bonds. The Kier molecular flexibility index (Phi) is 4.97. The summed E-state index contributed by atoms with van der Waals surface area (Å²) in [6, 6.07) is 9.22. The third-order valence-electron chi connectivity index (χ3n) is 3.58. The van der Waals surface area contributed by atoms with Gasteiger partial charge in [-0.05, 0) is 26.1 Å². The van der Waals surface area contributed by atoms with Crippen molar-refractivity contribution in [3.05, 3.63) is 47.7 Å². The molecule has 0 aliphatic carbocycles. The van der Waals surface area contributed by atoms with Crippen molar-refractivity contribution in [3.8, 4) is 11.5 Å². The molecule has 0 saturated heterocycles. The molecule has 1 aromatic carbocycles. The van der Waals surface area contributed by atoms with Gasteiger partial charge in [-0.25, -0.2) is 4.98 Å². The highest BCUT2D eigenvalue weighted by atomic mass is 32.1. The maximum absolute atomic E-state index is 12.2. The topological polar surface area (TPSA) is 84.2 Å². The van der Waals surface area contributed by atoms with E-state index in [-0.39, 0.29) is 11.9 Å². The number of nitrogens with zero attached hydrogens (tertiary/aromatic N) is 4. The molecule has 124 valence electrons. The van der Waals surface area contributed by atoms with Crippen LogP contribution in [0.15, 0.2) is 46.4 Å². The molecule has 0 radical (unpaired) electrons. The van der Waals surface area contributed by atoms with Gasteiger partial charge in [0, 0.05) is 17.1 Å². The zero-order valence-corrected chi connectivity index (χ0v) is 14.2. The monoisotopic (exact) mass is 343 g/mol. The highest BCUT2D eigenvalue weighted by Gasteiger charge is 2.21. The van der Waals surface area contributed by atoms with E-state index in [4.69, 9.17) is 4.52 Å². The van der Waals surface area contributed by atoms with Gasteiger partial charge in [0.2, 0.25) is 5.91 Å². The molecule has 0 spiro atoms. The van der Waals surface area contributed by atoms with E-state index in [1.54, 1.807) is 6.20 Å². The van der Waals surface area contributed by atoms with Crippen LogP contribution in [0, 0.1) is 0 Å². The van der Waals surface area contributed by atoms with E-state index in [1.807, 2.05) is 54.6 Å². The van der Waals surface area contributed by atoms with Crippen LogP contribution in [0.25, 0.3) is 11.5 Å². The van der Waals surface area contributed by atoms with Crippen LogP contribution in [0.5, 0.6) is 0 Å². The number of rotatable bonds is 6. The molecule has 3 rings (SSSR count). The van der Waals surface area contributed by atoms with E-state index in [1.165, 1.54) is 11.3 Å². The summed E-state index contributed by atoms with van der Waals surface area (Å²) in [7, 11) is 1.84. The summed E-state index contributed by atoms with van der Waals surface area (Å²) >= 11 is 1.38. The molecule has 0 saturated carbocycles. The molecule has 0 bridgehead atoms. The number of thiazole rings is 1. The van der Waals surface area contributed by atoms with Crippen molar-refractivity contribution in [1.82, 2.24) is 20.0 Å². The van der Waals surface area contributed by atoms with Crippen molar-refractivity contribution in [3.63, 3.8) is 0 Å². The largest absolute Gasteiger partial charge is 0.334 e. The SMILES string of the molecule is C[C@@H](C(=O)Nc1nccs1)N(C)Cc1noc(-c2ccccc2)n1. The van der Waals surface area contributed by atoms with Crippen molar-refractivity contribution in [2.24, 2.45) is 0 Å². The molecule has 7 nitrogen and oxygen atoms in total. The van der Waals surface area contributed by atoms with Gasteiger partial charge in [-0.2, -0.15) is 4.98 Å². The molecule has 0 unspecified atom stereocenters. The maximum atomic E-state index is 12.2. The van der Waals surface area contributed by atoms with E-state index >= 15 is 0 Å². The van der Waals surface area contributed by atoms with Crippen LogP contribution in [0.4, 0.5) is 5.13 Å². The minimum atomic E-state index is -0.354. The second kappa shape index (κ2) is 7.33. The molecule has 0 aliphatic rings. The number of hydrogen-bond donors (Lipinski definition) is 1. The Bertz CT molecular complexity index is 788. The van der Waals surface area contributed by atoms with Crippen LogP contribution >= 0.6 is 11.3 Å². The Labute approximate surface area is 143 Å². The zero-order valence-electron chi connectivity index (χ0n) is 13.3. The predicted octanol–water partition coefficient (Wildman–Crippen LogP) is 2.65. The zero-order chi connectivity index (χ0) is 16.9. The molecule has 1 N–H and O–H groups in total. The fourth-order valence-electron chi connectivity index (χ4n) is 2.07. The number of aromatic nitrogens is 3. The van der Waals surface area contributed by atoms with Gasteiger partial charge in [-0.15, -0.1) is 11.3 Å². The van der Waals surface area contributed by atoms with Gasteiger partial charge in [0.15, 0.2) is 11.0 Å². The number of anilines is 1. The highest BCUT2D eigenvalue weighted by Crippen LogP contribution is 2.17. The van der Waals surface area contributed by atoms with Gasteiger partial charge < -0.3 is 9.84 Å². The van der Waals surface area contributed by atoms with Gasteiger partial charge in [0.1, 0.15) is 0 Å². The Morgan fingerprint density at radius 2 is 2.17 bits per heavy atom. The average Bonchev–Trinajstić information content (AvgIpc) is 3.27. The molecule has 3 aromatic rings. The fourth-order valence-corrected chi connectivity index (χ4v) is 2.60. The number of carbonyl (C=O) groups is 1. The van der Waals surface area contributed by atoms with Gasteiger partial charge in [0.05, 0.1) is 12.6 Å². The van der Waals surface area contributed by atoms with Crippen LogP contribution in [-0.2, 0) is 11.3 Å². The van der Waals surface area contributed by atoms with E-state index in [9.17, 15) is 4.79 Å². The first-order chi connectivity index (χ1) is 11.6. The van der Waals surface area contributed by atoms with Crippen molar-refractivity contribution in [2.75, 3.05) is 12.4 Å². The second-order valence-corrected chi connectivity index (χ2v) is 6.19. The first-order valence-electron chi connectivity index (χ1n) is 7.42. The van der Waals surface area contributed by atoms with Crippen LogP contribution in [0.2, 0.25) is 0 Å². The summed E-state index contributed by atoms with van der Waals surface area (Å²) in [5.74, 6) is 0.878. The maximum Gasteiger partial charge on any atom is 0.257 e. The molecule has 0 aliphatic heterocycles. The number of nitrogens with one attached hydrogen (secondary N) is 1. The van der Waals surface area contributed by atoms with Crippen LogP contribution in [-0.4, -0.2) is 39.0 Å². The minimum Gasteiger partial charge on any atom is -0.334 e. The minimum absolute atomic E-state index is 0.126. The lowest BCUT2D eigenvalue weighted by molar-refractivity contribution is -0.120. The van der Waals surface area contributed by atoms with Gasteiger partial charge in [-0.1, -0.05) is 23.4 Å². The van der Waals surface area contributed by atoms with Gasteiger partial charge in [-0.3, -0.25) is 9.69 Å². The molecule has 0 fully saturated rings. The number of amides is 1. The number of carbonyl (C=O) groups excluding carboxylic acids is 1. The molecule has 2 heterocycles. The Morgan fingerprint density at radius 3 is 2.88 bits per heavy atom. The van der Waals surface area contributed by atoms with Crippen LogP contribution < -0.4 is 5.32 Å². The second-order valence-electron chi connectivity index (χ2n) is 5.30. The quantitative estimate of drug-likeness (QED) is 0.741. The number of benzene rings is 1. The number of likely N-dealkylation sites (N-methyl/N-ethyl adjacent to an activating group) is 1. The van der Waals surface area contributed by atoms with E-state index in [2.05, 4.69) is 20.4 Å². The molecule has 8 heteroatoms. The van der Waals surface area contributed by atoms with Crippen LogP contribution in [0.3, 0.4) is 0 Å². The molecule has 1 atom stereocenters. The standard InChI is InChI=1S/C16H17N5O2S/c1-11(14(22)19-16-17-8-9-24-16)21(2)10-13-18-15(23-20-13)12-6-4-3-5-7-12/h3-9,11H,10H2,1-2H3,(H,17,19,22)/t11-/m0/s1. The Balaban J connectivity index is 1.61. The summed E-state index contributed by atoms with van der Waals surface area (Å²) in [6.07, 6.45) is 1.65. The number of hydrogen-bond acceptors (Lipinski definition) is 7. The third kappa shape index (κ3) is 3.84. The normalized spacial score (nSPS) is 12.3.